The van der Waals surface area contributed by atoms with Crippen LogP contribution >= 0.6 is 0 Å². The van der Waals surface area contributed by atoms with E-state index in [0.717, 1.165) is 41.8 Å². The average Bonchev–Trinajstić information content (AvgIpc) is 3.00. The summed E-state index contributed by atoms with van der Waals surface area (Å²) < 4.78 is 5.91. The predicted octanol–water partition coefficient (Wildman–Crippen LogP) is 3.96. The van der Waals surface area contributed by atoms with Crippen LogP contribution in [0.25, 0.3) is 0 Å². The Kier molecular flexibility index (Phi) is 11.1. The number of rotatable bonds is 13. The second kappa shape index (κ2) is 15.2. The number of primary amides is 1. The van der Waals surface area contributed by atoms with Gasteiger partial charge in [-0.1, -0.05) is 79.7 Å². The van der Waals surface area contributed by atoms with Crippen molar-refractivity contribution < 1.29 is 19.1 Å². The number of carbonyl (C=O) groups is 3. The van der Waals surface area contributed by atoms with Crippen LogP contribution in [0.3, 0.4) is 0 Å². The molecule has 3 aromatic rings. The molecule has 1 aliphatic rings. The van der Waals surface area contributed by atoms with Crippen LogP contribution in [0.15, 0.2) is 84.9 Å². The van der Waals surface area contributed by atoms with E-state index in [1.807, 2.05) is 72.8 Å². The molecule has 0 aliphatic carbocycles. The fourth-order valence-electron chi connectivity index (χ4n) is 5.27. The molecule has 1 fully saturated rings. The fraction of sp³-hybridized carbons (Fsp3) is 0.353. The molecule has 0 spiro atoms. The summed E-state index contributed by atoms with van der Waals surface area (Å²) in [5, 5.41) is 6.12. The molecule has 1 radical (unpaired) electrons. The SMILES string of the molecule is CC(C[CH]C(=O)NC(Cc1ccc(OCc2ccccc2)cc1)C(=O)NC1CCCN(C)C1c1ccccc1)C(N)=O. The molecule has 1 aliphatic heterocycles. The summed E-state index contributed by atoms with van der Waals surface area (Å²) in [4.78, 5) is 40.3. The topological polar surface area (TPSA) is 114 Å². The van der Waals surface area contributed by atoms with Crippen molar-refractivity contribution in [3.8, 4) is 5.75 Å². The normalized spacial score (nSPS) is 18.4. The number of nitrogens with two attached hydrogens (primary N) is 1. The highest BCUT2D eigenvalue weighted by Crippen LogP contribution is 2.30. The number of ether oxygens (including phenoxy) is 1. The van der Waals surface area contributed by atoms with E-state index in [-0.39, 0.29) is 24.4 Å². The van der Waals surface area contributed by atoms with E-state index < -0.39 is 23.8 Å². The largest absolute Gasteiger partial charge is 0.489 e. The monoisotopic (exact) mass is 569 g/mol. The first kappa shape index (κ1) is 30.8. The lowest BCUT2D eigenvalue weighted by Gasteiger charge is -2.40. The first-order valence-electron chi connectivity index (χ1n) is 14.5. The van der Waals surface area contributed by atoms with Gasteiger partial charge in [0.05, 0.1) is 12.5 Å². The standard InChI is InChI=1S/C34H41N4O4/c1-24(33(35)40)15-20-31(39)36-30(22-25-16-18-28(19-17-25)42-23-26-10-5-3-6-11-26)34(41)37-29-14-9-21-38(2)32(29)27-12-7-4-8-13-27/h3-8,10-13,16-20,24,29-30,32H,9,14-15,21-23H2,1-2H3,(H2,35,40)(H,36,39)(H,37,41). The van der Waals surface area contributed by atoms with Gasteiger partial charge in [0, 0.05) is 18.4 Å². The Morgan fingerprint density at radius 1 is 0.976 bits per heavy atom. The maximum Gasteiger partial charge on any atom is 0.243 e. The van der Waals surface area contributed by atoms with Crippen molar-refractivity contribution in [3.63, 3.8) is 0 Å². The molecule has 4 atom stereocenters. The maximum atomic E-state index is 13.8. The molecule has 8 nitrogen and oxygen atoms in total. The third-order valence-electron chi connectivity index (χ3n) is 7.74. The Morgan fingerprint density at radius 2 is 1.64 bits per heavy atom. The van der Waals surface area contributed by atoms with Crippen LogP contribution in [0.5, 0.6) is 5.75 Å². The number of nitrogens with one attached hydrogen (secondary N) is 2. The summed E-state index contributed by atoms with van der Waals surface area (Å²) in [7, 11) is 2.07. The van der Waals surface area contributed by atoms with Gasteiger partial charge in [-0.3, -0.25) is 19.3 Å². The van der Waals surface area contributed by atoms with Gasteiger partial charge in [-0.05, 0) is 61.7 Å². The van der Waals surface area contributed by atoms with E-state index >= 15 is 0 Å². The third-order valence-corrected chi connectivity index (χ3v) is 7.74. The molecule has 0 saturated carbocycles. The van der Waals surface area contributed by atoms with Crippen molar-refractivity contribution in [2.75, 3.05) is 13.6 Å². The molecule has 0 bridgehead atoms. The van der Waals surface area contributed by atoms with E-state index in [0.29, 0.717) is 13.0 Å². The van der Waals surface area contributed by atoms with E-state index in [1.165, 1.54) is 6.42 Å². The second-order valence-corrected chi connectivity index (χ2v) is 11.0. The van der Waals surface area contributed by atoms with Crippen LogP contribution < -0.4 is 21.1 Å². The van der Waals surface area contributed by atoms with Crippen molar-refractivity contribution in [1.82, 2.24) is 15.5 Å². The molecule has 221 valence electrons. The quantitative estimate of drug-likeness (QED) is 0.288. The highest BCUT2D eigenvalue weighted by Gasteiger charge is 2.33. The second-order valence-electron chi connectivity index (χ2n) is 11.0. The lowest BCUT2D eigenvalue weighted by atomic mass is 9.90. The van der Waals surface area contributed by atoms with Gasteiger partial charge in [-0.2, -0.15) is 0 Å². The van der Waals surface area contributed by atoms with E-state index in [4.69, 9.17) is 10.5 Å². The molecule has 1 heterocycles. The van der Waals surface area contributed by atoms with E-state index in [9.17, 15) is 14.4 Å². The number of likely N-dealkylation sites (N-methyl/N-ethyl adjacent to an activating group) is 1. The zero-order valence-corrected chi connectivity index (χ0v) is 24.4. The Hall–Kier alpha value is -4.17. The van der Waals surface area contributed by atoms with Gasteiger partial charge in [0.1, 0.15) is 18.4 Å². The minimum Gasteiger partial charge on any atom is -0.489 e. The van der Waals surface area contributed by atoms with Gasteiger partial charge in [0.15, 0.2) is 0 Å². The molecule has 8 heteroatoms. The Balaban J connectivity index is 1.45. The Bertz CT molecular complexity index is 1300. The van der Waals surface area contributed by atoms with Crippen molar-refractivity contribution in [2.45, 2.75) is 57.3 Å². The lowest BCUT2D eigenvalue weighted by molar-refractivity contribution is -0.129. The molecule has 0 aromatic heterocycles. The van der Waals surface area contributed by atoms with Crippen molar-refractivity contribution >= 4 is 17.7 Å². The smallest absolute Gasteiger partial charge is 0.243 e. The van der Waals surface area contributed by atoms with Gasteiger partial charge in [0.25, 0.3) is 0 Å². The number of likely N-dealkylation sites (tertiary alicyclic amines) is 1. The average molecular weight is 570 g/mol. The highest BCUT2D eigenvalue weighted by atomic mass is 16.5. The van der Waals surface area contributed by atoms with Gasteiger partial charge in [-0.25, -0.2) is 0 Å². The summed E-state index contributed by atoms with van der Waals surface area (Å²) in [5.74, 6) is -0.888. The Morgan fingerprint density at radius 3 is 2.31 bits per heavy atom. The molecule has 4 rings (SSSR count). The minimum absolute atomic E-state index is 0.0317. The van der Waals surface area contributed by atoms with Crippen LogP contribution in [0.4, 0.5) is 0 Å². The predicted molar refractivity (Wildman–Crippen MR) is 163 cm³/mol. The van der Waals surface area contributed by atoms with Crippen molar-refractivity contribution in [1.29, 1.82) is 0 Å². The third kappa shape index (κ3) is 8.91. The summed E-state index contributed by atoms with van der Waals surface area (Å²) in [6.45, 7) is 3.07. The molecule has 42 heavy (non-hydrogen) atoms. The number of hydrogen-bond donors (Lipinski definition) is 3. The zero-order chi connectivity index (χ0) is 29.9. The van der Waals surface area contributed by atoms with Crippen LogP contribution in [-0.4, -0.2) is 48.3 Å². The summed E-state index contributed by atoms with van der Waals surface area (Å²) in [6.07, 6.45) is 3.69. The van der Waals surface area contributed by atoms with Crippen LogP contribution in [0.2, 0.25) is 0 Å². The van der Waals surface area contributed by atoms with Crippen molar-refractivity contribution in [3.05, 3.63) is 108 Å². The molecular formula is C34H41N4O4. The number of amides is 3. The maximum absolute atomic E-state index is 13.8. The molecule has 4 N–H and O–H groups in total. The molecule has 3 amide bonds. The number of hydrogen-bond acceptors (Lipinski definition) is 5. The summed E-state index contributed by atoms with van der Waals surface area (Å²) >= 11 is 0. The molecule has 1 saturated heterocycles. The van der Waals surface area contributed by atoms with Gasteiger partial charge in [0.2, 0.25) is 17.7 Å². The summed E-state index contributed by atoms with van der Waals surface area (Å²) in [5.41, 5.74) is 8.45. The number of piperidine rings is 1. The highest BCUT2D eigenvalue weighted by molar-refractivity contribution is 5.92. The van der Waals surface area contributed by atoms with Crippen LogP contribution in [0, 0.1) is 12.3 Å². The van der Waals surface area contributed by atoms with Gasteiger partial charge >= 0.3 is 0 Å². The van der Waals surface area contributed by atoms with E-state index in [2.05, 4.69) is 34.7 Å². The first-order valence-corrected chi connectivity index (χ1v) is 14.5. The number of carbonyl (C=O) groups excluding carboxylic acids is 3. The van der Waals surface area contributed by atoms with Crippen molar-refractivity contribution in [2.24, 2.45) is 11.7 Å². The molecule has 3 aromatic carbocycles. The van der Waals surface area contributed by atoms with Gasteiger partial charge in [-0.15, -0.1) is 0 Å². The minimum atomic E-state index is -0.808. The van der Waals surface area contributed by atoms with E-state index in [1.54, 1.807) is 6.92 Å². The first-order chi connectivity index (χ1) is 20.3. The molecule has 4 unspecified atom stereocenters. The lowest BCUT2D eigenvalue weighted by Crippen LogP contribution is -2.55. The zero-order valence-electron chi connectivity index (χ0n) is 24.4. The number of benzene rings is 3. The Labute approximate surface area is 248 Å². The molecular weight excluding hydrogens is 528 g/mol. The van der Waals surface area contributed by atoms with Crippen LogP contribution in [-0.2, 0) is 27.4 Å². The van der Waals surface area contributed by atoms with Crippen LogP contribution in [0.1, 0.15) is 48.9 Å². The number of nitrogens with zero attached hydrogens (tertiary/aromatic N) is 1. The summed E-state index contributed by atoms with van der Waals surface area (Å²) in [6, 6.07) is 26.8. The fourth-order valence-corrected chi connectivity index (χ4v) is 5.27. The van der Waals surface area contributed by atoms with Gasteiger partial charge < -0.3 is 21.1 Å².